The Bertz CT molecular complexity index is 1370. The quantitative estimate of drug-likeness (QED) is 0.481. The number of rotatable bonds is 7. The molecule has 0 amide bonds. The van der Waals surface area contributed by atoms with Crippen molar-refractivity contribution >= 4 is 38.5 Å². The third-order valence-corrected chi connectivity index (χ3v) is 9.76. The van der Waals surface area contributed by atoms with Crippen molar-refractivity contribution in [2.75, 3.05) is 6.54 Å². The van der Waals surface area contributed by atoms with Gasteiger partial charge in [0, 0.05) is 17.0 Å². The molecule has 9 heteroatoms. The van der Waals surface area contributed by atoms with Crippen LogP contribution in [0.25, 0.3) is 10.9 Å². The summed E-state index contributed by atoms with van der Waals surface area (Å²) in [4.78, 5) is 11.8. The zero-order valence-corrected chi connectivity index (χ0v) is 21.5. The first-order valence-corrected chi connectivity index (χ1v) is 14.0. The molecule has 5 rings (SSSR count). The molecule has 1 saturated carbocycles. The molecule has 1 aliphatic carbocycles. The van der Waals surface area contributed by atoms with Crippen LogP contribution < -0.4 is 0 Å². The van der Waals surface area contributed by atoms with Crippen molar-refractivity contribution in [2.45, 2.75) is 62.9 Å². The van der Waals surface area contributed by atoms with Crippen LogP contribution in [-0.2, 0) is 27.7 Å². The molecule has 1 saturated heterocycles. The maximum atomic E-state index is 13.9. The van der Waals surface area contributed by atoms with Crippen LogP contribution in [0.1, 0.15) is 50.4 Å². The van der Waals surface area contributed by atoms with Gasteiger partial charge in [-0.1, -0.05) is 44.0 Å². The number of sulfonamides is 1. The smallest absolute Gasteiger partial charge is 0.309 e. The molecule has 2 aliphatic rings. The van der Waals surface area contributed by atoms with E-state index in [0.29, 0.717) is 22.2 Å². The lowest BCUT2D eigenvalue weighted by atomic mass is 9.76. The SMILES string of the molecule is CCc1ccc(S(=O)(=O)N2C[C@@H](C)[C@@H](n3nc(CC(=O)O)c4ccc(Cl)cc43)C2C2CCC2)cc1. The van der Waals surface area contributed by atoms with Crippen LogP contribution in [0, 0.1) is 11.8 Å². The van der Waals surface area contributed by atoms with Gasteiger partial charge in [-0.05, 0) is 67.0 Å². The molecule has 0 bridgehead atoms. The Morgan fingerprint density at radius 3 is 2.46 bits per heavy atom. The van der Waals surface area contributed by atoms with Gasteiger partial charge in [0.05, 0.1) is 34.6 Å². The minimum atomic E-state index is -3.71. The number of benzene rings is 2. The number of carboxylic acids is 1. The monoisotopic (exact) mass is 515 g/mol. The van der Waals surface area contributed by atoms with Crippen LogP contribution >= 0.6 is 11.6 Å². The Kier molecular flexibility index (Phi) is 6.40. The van der Waals surface area contributed by atoms with E-state index < -0.39 is 16.0 Å². The topological polar surface area (TPSA) is 92.5 Å². The fourth-order valence-corrected chi connectivity index (χ4v) is 7.64. The highest BCUT2D eigenvalue weighted by Crippen LogP contribution is 2.47. The molecule has 0 radical (unpaired) electrons. The van der Waals surface area contributed by atoms with Gasteiger partial charge >= 0.3 is 5.97 Å². The summed E-state index contributed by atoms with van der Waals surface area (Å²) >= 11 is 6.33. The van der Waals surface area contributed by atoms with Crippen molar-refractivity contribution in [1.82, 2.24) is 14.1 Å². The molecule has 3 atom stereocenters. The molecule has 1 aliphatic heterocycles. The lowest BCUT2D eigenvalue weighted by molar-refractivity contribution is -0.136. The molecular weight excluding hydrogens is 486 g/mol. The number of aromatic nitrogens is 2. The zero-order chi connectivity index (χ0) is 24.9. The average Bonchev–Trinajstić information content (AvgIpc) is 3.29. The van der Waals surface area contributed by atoms with Crippen LogP contribution in [0.2, 0.25) is 5.02 Å². The summed E-state index contributed by atoms with van der Waals surface area (Å²) in [5.74, 6) is -0.734. The average molecular weight is 516 g/mol. The number of hydrogen-bond acceptors (Lipinski definition) is 4. The van der Waals surface area contributed by atoms with Crippen molar-refractivity contribution in [3.05, 3.63) is 58.7 Å². The maximum Gasteiger partial charge on any atom is 0.309 e. The summed E-state index contributed by atoms with van der Waals surface area (Å²) in [6, 6.07) is 12.0. The molecular formula is C26H30ClN3O4S. The van der Waals surface area contributed by atoms with Gasteiger partial charge in [0.1, 0.15) is 0 Å². The van der Waals surface area contributed by atoms with Gasteiger partial charge in [-0.25, -0.2) is 8.42 Å². The van der Waals surface area contributed by atoms with E-state index in [1.807, 2.05) is 23.7 Å². The van der Waals surface area contributed by atoms with E-state index in [1.165, 1.54) is 0 Å². The number of carboxylic acid groups (broad SMARTS) is 1. The highest BCUT2D eigenvalue weighted by molar-refractivity contribution is 7.89. The Labute approximate surface area is 210 Å². The molecule has 1 unspecified atom stereocenters. The minimum absolute atomic E-state index is 0.00921. The van der Waals surface area contributed by atoms with Gasteiger partial charge in [0.2, 0.25) is 10.0 Å². The number of nitrogens with zero attached hydrogens (tertiary/aromatic N) is 3. The van der Waals surface area contributed by atoms with Crippen LogP contribution in [0.15, 0.2) is 47.4 Å². The molecule has 1 N–H and O–H groups in total. The van der Waals surface area contributed by atoms with Crippen LogP contribution in [-0.4, -0.2) is 46.2 Å². The summed E-state index contributed by atoms with van der Waals surface area (Å²) in [5, 5.41) is 15.5. The first-order chi connectivity index (χ1) is 16.7. The highest BCUT2D eigenvalue weighted by Gasteiger charge is 2.51. The summed E-state index contributed by atoms with van der Waals surface area (Å²) in [6.45, 7) is 4.49. The zero-order valence-electron chi connectivity index (χ0n) is 19.9. The van der Waals surface area contributed by atoms with Gasteiger partial charge < -0.3 is 5.11 Å². The van der Waals surface area contributed by atoms with E-state index in [9.17, 15) is 18.3 Å². The third-order valence-electron chi connectivity index (χ3n) is 7.65. The van der Waals surface area contributed by atoms with E-state index >= 15 is 0 Å². The van der Waals surface area contributed by atoms with Crippen molar-refractivity contribution in [1.29, 1.82) is 0 Å². The molecule has 1 aromatic heterocycles. The van der Waals surface area contributed by atoms with Crippen molar-refractivity contribution in [3.63, 3.8) is 0 Å². The van der Waals surface area contributed by atoms with Gasteiger partial charge in [-0.2, -0.15) is 9.40 Å². The minimum Gasteiger partial charge on any atom is -0.481 e. The van der Waals surface area contributed by atoms with E-state index in [1.54, 1.807) is 34.6 Å². The molecule has 3 aromatic rings. The van der Waals surface area contributed by atoms with Crippen molar-refractivity contribution in [2.24, 2.45) is 11.8 Å². The first kappa shape index (κ1) is 24.3. The second-order valence-electron chi connectivity index (χ2n) is 9.84. The molecule has 2 aromatic carbocycles. The van der Waals surface area contributed by atoms with E-state index in [2.05, 4.69) is 6.92 Å². The van der Waals surface area contributed by atoms with E-state index in [4.69, 9.17) is 16.7 Å². The number of aliphatic carboxylic acids is 1. The van der Waals surface area contributed by atoms with E-state index in [-0.39, 0.29) is 30.3 Å². The number of aryl methyl sites for hydroxylation is 1. The summed E-state index contributed by atoms with van der Waals surface area (Å²) in [6.07, 6.45) is 3.66. The highest BCUT2D eigenvalue weighted by atomic mass is 35.5. The number of halogens is 1. The molecule has 7 nitrogen and oxygen atoms in total. The normalized spacial score (nSPS) is 23.6. The Hall–Kier alpha value is -2.42. The van der Waals surface area contributed by atoms with Crippen molar-refractivity contribution in [3.8, 4) is 0 Å². The molecule has 2 heterocycles. The summed E-state index contributed by atoms with van der Waals surface area (Å²) < 4.78 is 31.3. The van der Waals surface area contributed by atoms with Crippen LogP contribution in [0.3, 0.4) is 0 Å². The first-order valence-electron chi connectivity index (χ1n) is 12.2. The number of carbonyl (C=O) groups is 1. The summed E-state index contributed by atoms with van der Waals surface area (Å²) in [5.41, 5.74) is 2.32. The largest absolute Gasteiger partial charge is 0.481 e. The van der Waals surface area contributed by atoms with Crippen molar-refractivity contribution < 1.29 is 18.3 Å². The second-order valence-corrected chi connectivity index (χ2v) is 12.2. The van der Waals surface area contributed by atoms with Gasteiger partial charge in [0.25, 0.3) is 0 Å². The molecule has 35 heavy (non-hydrogen) atoms. The van der Waals surface area contributed by atoms with Gasteiger partial charge in [-0.3, -0.25) is 9.48 Å². The summed E-state index contributed by atoms with van der Waals surface area (Å²) in [7, 11) is -3.71. The van der Waals surface area contributed by atoms with E-state index in [0.717, 1.165) is 42.1 Å². The van der Waals surface area contributed by atoms with Gasteiger partial charge in [0.15, 0.2) is 0 Å². The second kappa shape index (κ2) is 9.22. The lowest BCUT2D eigenvalue weighted by Crippen LogP contribution is -2.45. The number of hydrogen-bond donors (Lipinski definition) is 1. The molecule has 186 valence electrons. The predicted octanol–water partition coefficient (Wildman–Crippen LogP) is 4.93. The fraction of sp³-hybridized carbons (Fsp3) is 0.462. The Balaban J connectivity index is 1.61. The number of fused-ring (bicyclic) bond motifs is 1. The standard InChI is InChI=1S/C26H30ClN3O4S/c1-3-17-7-10-20(11-8-17)35(33,34)29-15-16(2)25(26(29)18-5-4-6-18)30-23-13-19(27)9-12-21(23)22(28-30)14-24(31)32/h7-13,16,18,25-26H,3-6,14-15H2,1-2H3,(H,31,32)/t16-,25-,26?/m1/s1. The lowest BCUT2D eigenvalue weighted by Gasteiger charge is -2.39. The van der Waals surface area contributed by atoms with Crippen LogP contribution in [0.4, 0.5) is 0 Å². The Morgan fingerprint density at radius 2 is 1.86 bits per heavy atom. The Morgan fingerprint density at radius 1 is 1.14 bits per heavy atom. The van der Waals surface area contributed by atoms with Crippen LogP contribution in [0.5, 0.6) is 0 Å². The molecule has 2 fully saturated rings. The predicted molar refractivity (Wildman–Crippen MR) is 135 cm³/mol. The third kappa shape index (κ3) is 4.26. The van der Waals surface area contributed by atoms with Gasteiger partial charge in [-0.15, -0.1) is 0 Å². The fourth-order valence-electron chi connectivity index (χ4n) is 5.67. The maximum absolute atomic E-state index is 13.9. The molecule has 0 spiro atoms.